The topological polar surface area (TPSA) is 41.5 Å². The highest BCUT2D eigenvalue weighted by Crippen LogP contribution is 2.25. The number of hydrogen-bond donors (Lipinski definition) is 0. The van der Waals surface area contributed by atoms with Gasteiger partial charge in [0, 0.05) is 0 Å². The van der Waals surface area contributed by atoms with Crippen molar-refractivity contribution < 1.29 is 14.4 Å². The summed E-state index contributed by atoms with van der Waals surface area (Å²) in [6.07, 6.45) is 0. The van der Waals surface area contributed by atoms with E-state index in [1.54, 1.807) is 14.2 Å². The predicted molar refractivity (Wildman–Crippen MR) is 72.2 cm³/mol. The van der Waals surface area contributed by atoms with Crippen molar-refractivity contribution in [3.8, 4) is 11.5 Å². The van der Waals surface area contributed by atoms with Gasteiger partial charge in [0.25, 0.3) is 0 Å². The normalized spacial score (nSPS) is 10.4. The van der Waals surface area contributed by atoms with Gasteiger partial charge in [-0.25, -0.2) is 0 Å². The van der Waals surface area contributed by atoms with E-state index < -0.39 is 8.15 Å². The Labute approximate surface area is 108 Å². The van der Waals surface area contributed by atoms with Gasteiger partial charge >= 0.3 is 0 Å². The van der Waals surface area contributed by atoms with Gasteiger partial charge in [-0.3, -0.25) is 0 Å². The standard InChI is InChI=1S/C14H14O3P/c1-16-11-3-7-13(8-4-11)18(15)14-9-5-12(17-2)6-10-14/h3-10H,1-2H3/q-1. The van der Waals surface area contributed by atoms with Gasteiger partial charge in [0.15, 0.2) is 0 Å². The molecule has 0 bridgehead atoms. The number of ether oxygens (including phenoxy) is 2. The molecule has 0 aromatic heterocycles. The summed E-state index contributed by atoms with van der Waals surface area (Å²) in [5.74, 6) is 1.52. The van der Waals surface area contributed by atoms with Gasteiger partial charge in [-0.2, -0.15) is 0 Å². The van der Waals surface area contributed by atoms with Gasteiger partial charge in [0.1, 0.15) is 11.5 Å². The van der Waals surface area contributed by atoms with Crippen molar-refractivity contribution >= 4 is 18.8 Å². The predicted octanol–water partition coefficient (Wildman–Crippen LogP) is 1.41. The summed E-state index contributed by atoms with van der Waals surface area (Å²) in [7, 11) is 1.65. The van der Waals surface area contributed by atoms with E-state index in [0.29, 0.717) is 0 Å². The number of rotatable bonds is 4. The van der Waals surface area contributed by atoms with Gasteiger partial charge in [0.05, 0.1) is 14.2 Å². The molecule has 4 heteroatoms. The monoisotopic (exact) mass is 261 g/mol. The van der Waals surface area contributed by atoms with Gasteiger partial charge < -0.3 is 14.4 Å². The molecule has 0 N–H and O–H groups in total. The van der Waals surface area contributed by atoms with Gasteiger partial charge in [0.2, 0.25) is 0 Å². The Bertz CT molecular complexity index is 446. The van der Waals surface area contributed by atoms with Crippen molar-refractivity contribution in [1.29, 1.82) is 0 Å². The maximum absolute atomic E-state index is 12.3. The lowest BCUT2D eigenvalue weighted by Gasteiger charge is -2.24. The van der Waals surface area contributed by atoms with Crippen molar-refractivity contribution in [2.75, 3.05) is 14.2 Å². The summed E-state index contributed by atoms with van der Waals surface area (Å²) in [4.78, 5) is 12.3. The zero-order valence-corrected chi connectivity index (χ0v) is 11.2. The van der Waals surface area contributed by atoms with E-state index >= 15 is 0 Å². The molecule has 0 spiro atoms. The molecule has 0 fully saturated rings. The van der Waals surface area contributed by atoms with Crippen molar-refractivity contribution in [1.82, 2.24) is 0 Å². The Hall–Kier alpha value is -1.57. The van der Waals surface area contributed by atoms with Crippen LogP contribution in [0.1, 0.15) is 0 Å². The molecule has 3 nitrogen and oxygen atoms in total. The quantitative estimate of drug-likeness (QED) is 0.781. The van der Waals surface area contributed by atoms with Crippen LogP contribution in [0.4, 0.5) is 0 Å². The maximum Gasteiger partial charge on any atom is 0.118 e. The molecule has 0 saturated carbocycles. The minimum Gasteiger partial charge on any atom is -0.822 e. The molecule has 0 radical (unpaired) electrons. The number of methoxy groups -OCH3 is 2. The Kier molecular flexibility index (Phi) is 4.19. The third-order valence-corrected chi connectivity index (χ3v) is 4.15. The fourth-order valence-electron chi connectivity index (χ4n) is 1.58. The van der Waals surface area contributed by atoms with Crippen molar-refractivity contribution in [2.45, 2.75) is 0 Å². The first-order chi connectivity index (χ1) is 8.74. The Balaban J connectivity index is 2.20. The Morgan fingerprint density at radius 1 is 0.722 bits per heavy atom. The van der Waals surface area contributed by atoms with Gasteiger partial charge in [-0.15, -0.1) is 8.15 Å². The molecule has 0 heterocycles. The first-order valence-electron chi connectivity index (χ1n) is 5.50. The largest absolute Gasteiger partial charge is 0.822 e. The average molecular weight is 261 g/mol. The molecule has 2 aromatic rings. The molecule has 0 aliphatic heterocycles. The molecule has 0 aliphatic carbocycles. The summed E-state index contributed by atoms with van der Waals surface area (Å²) >= 11 is 0. The van der Waals surface area contributed by atoms with E-state index in [0.717, 1.165) is 22.1 Å². The van der Waals surface area contributed by atoms with Crippen molar-refractivity contribution in [3.63, 3.8) is 0 Å². The highest BCUT2D eigenvalue weighted by atomic mass is 31.1. The lowest BCUT2D eigenvalue weighted by atomic mass is 10.3. The molecule has 0 aliphatic rings. The minimum atomic E-state index is -1.57. The zero-order chi connectivity index (χ0) is 13.0. The summed E-state index contributed by atoms with van der Waals surface area (Å²) in [6.45, 7) is 0. The molecular formula is C14H14O3P-. The molecule has 0 amide bonds. The molecule has 94 valence electrons. The van der Waals surface area contributed by atoms with Crippen molar-refractivity contribution in [2.24, 2.45) is 0 Å². The van der Waals surface area contributed by atoms with Crippen LogP contribution in [0.5, 0.6) is 11.5 Å². The van der Waals surface area contributed by atoms with Gasteiger partial charge in [-0.05, 0) is 34.9 Å². The number of hydrogen-bond acceptors (Lipinski definition) is 3. The van der Waals surface area contributed by atoms with Crippen LogP contribution in [0.2, 0.25) is 0 Å². The SMILES string of the molecule is COc1ccc(P([O-])c2ccc(OC)cc2)cc1. The molecule has 2 aromatic carbocycles. The molecule has 18 heavy (non-hydrogen) atoms. The zero-order valence-electron chi connectivity index (χ0n) is 10.3. The molecular weight excluding hydrogens is 247 g/mol. The second kappa shape index (κ2) is 5.85. The minimum absolute atomic E-state index is 0.761. The van der Waals surface area contributed by atoms with Crippen molar-refractivity contribution in [3.05, 3.63) is 48.5 Å². The first-order valence-corrected chi connectivity index (χ1v) is 6.76. The smallest absolute Gasteiger partial charge is 0.118 e. The van der Waals surface area contributed by atoms with E-state index in [9.17, 15) is 4.89 Å². The second-order valence-corrected chi connectivity index (χ2v) is 5.31. The summed E-state index contributed by atoms with van der Waals surface area (Å²) < 4.78 is 10.1. The van der Waals surface area contributed by atoms with Crippen LogP contribution in [0, 0.1) is 0 Å². The molecule has 0 atom stereocenters. The Morgan fingerprint density at radius 3 is 1.33 bits per heavy atom. The number of benzene rings is 2. The van der Waals surface area contributed by atoms with E-state index in [-0.39, 0.29) is 0 Å². The highest BCUT2D eigenvalue weighted by Gasteiger charge is 2.02. The molecule has 0 unspecified atom stereocenters. The van der Waals surface area contributed by atoms with Crippen LogP contribution in [0.3, 0.4) is 0 Å². The molecule has 0 saturated heterocycles. The fraction of sp³-hybridized carbons (Fsp3) is 0.143. The average Bonchev–Trinajstić information content (AvgIpc) is 2.47. The lowest BCUT2D eigenvalue weighted by molar-refractivity contribution is -0.153. The fourth-order valence-corrected chi connectivity index (χ4v) is 2.72. The van der Waals surface area contributed by atoms with Crippen LogP contribution in [-0.2, 0) is 0 Å². The van der Waals surface area contributed by atoms with E-state index in [1.165, 1.54) is 0 Å². The summed E-state index contributed by atoms with van der Waals surface area (Å²) in [6, 6.07) is 14.5. The highest BCUT2D eigenvalue weighted by molar-refractivity contribution is 7.66. The van der Waals surface area contributed by atoms with E-state index in [4.69, 9.17) is 9.47 Å². The third kappa shape index (κ3) is 2.81. The van der Waals surface area contributed by atoms with Crippen LogP contribution in [-0.4, -0.2) is 14.2 Å². The summed E-state index contributed by atoms with van der Waals surface area (Å²) in [5, 5.41) is 1.58. The van der Waals surface area contributed by atoms with Crippen LogP contribution < -0.4 is 25.0 Å². The second-order valence-electron chi connectivity index (χ2n) is 3.69. The maximum atomic E-state index is 12.3. The summed E-state index contributed by atoms with van der Waals surface area (Å²) in [5.41, 5.74) is 0. The van der Waals surface area contributed by atoms with Crippen LogP contribution in [0.15, 0.2) is 48.5 Å². The van der Waals surface area contributed by atoms with E-state index in [1.807, 2.05) is 48.5 Å². The van der Waals surface area contributed by atoms with Gasteiger partial charge in [-0.1, -0.05) is 24.3 Å². The van der Waals surface area contributed by atoms with Crippen LogP contribution >= 0.6 is 8.15 Å². The van der Waals surface area contributed by atoms with E-state index in [2.05, 4.69) is 0 Å². The van der Waals surface area contributed by atoms with Crippen LogP contribution in [0.25, 0.3) is 0 Å². The molecule has 2 rings (SSSR count). The third-order valence-electron chi connectivity index (χ3n) is 2.61. The first kappa shape index (κ1) is 12.9. The Morgan fingerprint density at radius 2 is 1.06 bits per heavy atom. The lowest BCUT2D eigenvalue weighted by Crippen LogP contribution is -2.19.